The fraction of sp³-hybridized carbons (Fsp3) is 0.188. The molecule has 0 bridgehead atoms. The summed E-state index contributed by atoms with van der Waals surface area (Å²) in [5, 5.41) is 3.50. The van der Waals surface area contributed by atoms with Crippen molar-refractivity contribution in [2.24, 2.45) is 0 Å². The Bertz CT molecular complexity index is 656. The number of nitrogens with two attached hydrogens (primary N) is 1. The second-order valence-corrected chi connectivity index (χ2v) is 6.13. The summed E-state index contributed by atoms with van der Waals surface area (Å²) >= 11 is 9.50. The number of hydrogen-bond donors (Lipinski definition) is 2. The summed E-state index contributed by atoms with van der Waals surface area (Å²) in [6.45, 7) is 1.92. The molecule has 0 saturated heterocycles. The van der Waals surface area contributed by atoms with Gasteiger partial charge in [-0.1, -0.05) is 23.7 Å². The number of carbonyl (C=O) groups is 1. The van der Waals surface area contributed by atoms with Crippen LogP contribution >= 0.6 is 27.5 Å². The van der Waals surface area contributed by atoms with E-state index in [0.717, 1.165) is 21.3 Å². The summed E-state index contributed by atoms with van der Waals surface area (Å²) in [6, 6.07) is 11.2. The number of halogens is 2. The fourth-order valence-electron chi connectivity index (χ4n) is 1.90. The first-order valence-corrected chi connectivity index (χ1v) is 7.72. The van der Waals surface area contributed by atoms with Crippen LogP contribution in [0.15, 0.2) is 40.9 Å². The summed E-state index contributed by atoms with van der Waals surface area (Å²) < 4.78 is 0.824. The minimum atomic E-state index is -0.0487. The molecule has 0 aliphatic rings. The summed E-state index contributed by atoms with van der Waals surface area (Å²) in [4.78, 5) is 12.0. The van der Waals surface area contributed by atoms with Crippen molar-refractivity contribution in [3.05, 3.63) is 57.0 Å². The predicted molar refractivity (Wildman–Crippen MR) is 91.7 cm³/mol. The number of nitrogens with one attached hydrogen (secondary N) is 1. The van der Waals surface area contributed by atoms with Gasteiger partial charge in [-0.3, -0.25) is 4.79 Å². The number of nitrogen functional groups attached to an aromatic ring is 1. The molecule has 0 heterocycles. The van der Waals surface area contributed by atoms with Crippen molar-refractivity contribution in [3.8, 4) is 0 Å². The first-order chi connectivity index (χ1) is 9.95. The molecule has 3 nitrogen and oxygen atoms in total. The van der Waals surface area contributed by atoms with E-state index in [1.54, 1.807) is 6.07 Å². The molecule has 0 spiro atoms. The molecule has 2 rings (SSSR count). The van der Waals surface area contributed by atoms with Crippen LogP contribution in [0.2, 0.25) is 5.02 Å². The Morgan fingerprint density at radius 2 is 1.95 bits per heavy atom. The maximum Gasteiger partial charge on any atom is 0.224 e. The highest BCUT2D eigenvalue weighted by atomic mass is 79.9. The maximum atomic E-state index is 12.0. The van der Waals surface area contributed by atoms with Crippen LogP contribution < -0.4 is 11.1 Å². The molecule has 1 amide bonds. The Morgan fingerprint density at radius 3 is 2.62 bits per heavy atom. The number of rotatable bonds is 4. The summed E-state index contributed by atoms with van der Waals surface area (Å²) in [5.74, 6) is -0.0487. The highest BCUT2D eigenvalue weighted by molar-refractivity contribution is 9.10. The quantitative estimate of drug-likeness (QED) is 0.778. The molecule has 0 aliphatic heterocycles. The lowest BCUT2D eigenvalue weighted by atomic mass is 10.1. The van der Waals surface area contributed by atoms with E-state index in [1.807, 2.05) is 37.3 Å². The fourth-order valence-corrected chi connectivity index (χ4v) is 2.62. The van der Waals surface area contributed by atoms with Crippen molar-refractivity contribution in [3.63, 3.8) is 0 Å². The molecular formula is C16H16BrClN2O. The molecule has 21 heavy (non-hydrogen) atoms. The van der Waals surface area contributed by atoms with Crippen LogP contribution in [0.1, 0.15) is 17.5 Å². The topological polar surface area (TPSA) is 55.1 Å². The SMILES string of the molecule is Cc1cc(Br)c(NC(=O)CCc2ccc(N)cc2)cc1Cl. The molecule has 0 aliphatic carbocycles. The number of anilines is 2. The van der Waals surface area contributed by atoms with Crippen LogP contribution in [0.25, 0.3) is 0 Å². The van der Waals surface area contributed by atoms with E-state index < -0.39 is 0 Å². The standard InChI is InChI=1S/C16H16BrClN2O/c1-10-8-13(17)15(9-14(10)18)20-16(21)7-4-11-2-5-12(19)6-3-11/h2-3,5-6,8-9H,4,7,19H2,1H3,(H,20,21). The Hall–Kier alpha value is -1.52. The van der Waals surface area contributed by atoms with Gasteiger partial charge in [-0.15, -0.1) is 0 Å². The van der Waals surface area contributed by atoms with Gasteiger partial charge in [-0.2, -0.15) is 0 Å². The Kier molecular flexibility index (Phi) is 5.26. The lowest BCUT2D eigenvalue weighted by Gasteiger charge is -2.09. The molecule has 0 fully saturated rings. The Balaban J connectivity index is 1.96. The van der Waals surface area contributed by atoms with E-state index in [1.165, 1.54) is 0 Å². The van der Waals surface area contributed by atoms with Gasteiger partial charge < -0.3 is 11.1 Å². The largest absolute Gasteiger partial charge is 0.399 e. The van der Waals surface area contributed by atoms with Gasteiger partial charge in [0.1, 0.15) is 0 Å². The van der Waals surface area contributed by atoms with Gasteiger partial charge in [0, 0.05) is 21.6 Å². The summed E-state index contributed by atoms with van der Waals surface area (Å²) in [6.07, 6.45) is 1.07. The second-order valence-electron chi connectivity index (χ2n) is 4.87. The van der Waals surface area contributed by atoms with E-state index in [2.05, 4.69) is 21.2 Å². The van der Waals surface area contributed by atoms with Gasteiger partial charge in [0.25, 0.3) is 0 Å². The van der Waals surface area contributed by atoms with Crippen LogP contribution in [0, 0.1) is 6.92 Å². The van der Waals surface area contributed by atoms with Gasteiger partial charge >= 0.3 is 0 Å². The number of aryl methyl sites for hydroxylation is 2. The number of amides is 1. The third-order valence-corrected chi connectivity index (χ3v) is 4.21. The zero-order valence-corrected chi connectivity index (χ0v) is 14.0. The average molecular weight is 368 g/mol. The summed E-state index contributed by atoms with van der Waals surface area (Å²) in [5.41, 5.74) is 9.09. The molecule has 2 aromatic carbocycles. The zero-order valence-electron chi connectivity index (χ0n) is 11.6. The van der Waals surface area contributed by atoms with E-state index in [-0.39, 0.29) is 5.91 Å². The van der Waals surface area contributed by atoms with Crippen molar-refractivity contribution in [2.75, 3.05) is 11.1 Å². The number of hydrogen-bond acceptors (Lipinski definition) is 2. The van der Waals surface area contributed by atoms with Crippen LogP contribution in [0.3, 0.4) is 0 Å². The highest BCUT2D eigenvalue weighted by Crippen LogP contribution is 2.29. The van der Waals surface area contributed by atoms with Gasteiger partial charge in [0.15, 0.2) is 0 Å². The Morgan fingerprint density at radius 1 is 1.29 bits per heavy atom. The molecule has 5 heteroatoms. The monoisotopic (exact) mass is 366 g/mol. The van der Waals surface area contributed by atoms with Crippen LogP contribution in [0.4, 0.5) is 11.4 Å². The first-order valence-electron chi connectivity index (χ1n) is 6.55. The highest BCUT2D eigenvalue weighted by Gasteiger charge is 2.08. The smallest absolute Gasteiger partial charge is 0.224 e. The molecule has 0 saturated carbocycles. The molecule has 0 aromatic heterocycles. The van der Waals surface area contributed by atoms with E-state index in [4.69, 9.17) is 17.3 Å². The van der Waals surface area contributed by atoms with Gasteiger partial charge in [0.05, 0.1) is 5.69 Å². The molecule has 0 unspecified atom stereocenters. The van der Waals surface area contributed by atoms with Crippen molar-refractivity contribution in [1.29, 1.82) is 0 Å². The summed E-state index contributed by atoms with van der Waals surface area (Å²) in [7, 11) is 0. The second kappa shape index (κ2) is 6.96. The van der Waals surface area contributed by atoms with E-state index in [9.17, 15) is 4.79 Å². The molecular weight excluding hydrogens is 352 g/mol. The Labute approximate surface area is 137 Å². The van der Waals surface area contributed by atoms with Crippen molar-refractivity contribution >= 4 is 44.8 Å². The third-order valence-electron chi connectivity index (χ3n) is 3.14. The lowest BCUT2D eigenvalue weighted by molar-refractivity contribution is -0.116. The van der Waals surface area contributed by atoms with E-state index >= 15 is 0 Å². The zero-order chi connectivity index (χ0) is 15.4. The minimum Gasteiger partial charge on any atom is -0.399 e. The predicted octanol–water partition coefficient (Wildman–Crippen LogP) is 4.56. The maximum absolute atomic E-state index is 12.0. The van der Waals surface area contributed by atoms with E-state index in [0.29, 0.717) is 23.6 Å². The molecule has 110 valence electrons. The molecule has 0 radical (unpaired) electrons. The minimum absolute atomic E-state index is 0.0487. The normalized spacial score (nSPS) is 10.4. The van der Waals surface area contributed by atoms with Crippen molar-refractivity contribution in [1.82, 2.24) is 0 Å². The molecule has 2 aromatic rings. The first kappa shape index (κ1) is 15.9. The molecule has 0 atom stereocenters. The van der Waals surface area contributed by atoms with Crippen LogP contribution in [-0.2, 0) is 11.2 Å². The average Bonchev–Trinajstić information content (AvgIpc) is 2.44. The lowest BCUT2D eigenvalue weighted by Crippen LogP contribution is -2.12. The number of benzene rings is 2. The van der Waals surface area contributed by atoms with Crippen molar-refractivity contribution < 1.29 is 4.79 Å². The number of carbonyl (C=O) groups excluding carboxylic acids is 1. The van der Waals surface area contributed by atoms with Crippen molar-refractivity contribution in [2.45, 2.75) is 19.8 Å². The van der Waals surface area contributed by atoms with Crippen LogP contribution in [0.5, 0.6) is 0 Å². The molecule has 3 N–H and O–H groups in total. The van der Waals surface area contributed by atoms with Gasteiger partial charge in [0.2, 0.25) is 5.91 Å². The van der Waals surface area contributed by atoms with Gasteiger partial charge in [-0.05, 0) is 64.7 Å². The van der Waals surface area contributed by atoms with Crippen LogP contribution in [-0.4, -0.2) is 5.91 Å². The third kappa shape index (κ3) is 4.48. The van der Waals surface area contributed by atoms with Gasteiger partial charge in [-0.25, -0.2) is 0 Å².